The fraction of sp³-hybridized carbons (Fsp3) is 0.476. The third-order valence-electron chi connectivity index (χ3n) is 5.80. The number of nitrogens with zero attached hydrogens (tertiary/aromatic N) is 3. The highest BCUT2D eigenvalue weighted by Gasteiger charge is 2.33. The molecule has 29 heavy (non-hydrogen) atoms. The molecule has 1 fully saturated rings. The second kappa shape index (κ2) is 7.26. The maximum absolute atomic E-state index is 15.0. The van der Waals surface area contributed by atoms with Crippen molar-refractivity contribution in [1.29, 1.82) is 0 Å². The van der Waals surface area contributed by atoms with Gasteiger partial charge in [-0.1, -0.05) is 6.92 Å². The van der Waals surface area contributed by atoms with Crippen molar-refractivity contribution in [3.63, 3.8) is 0 Å². The molecule has 1 amide bonds. The summed E-state index contributed by atoms with van der Waals surface area (Å²) < 4.78 is 26.3. The smallest absolute Gasteiger partial charge is 0.253 e. The maximum atomic E-state index is 15.0. The quantitative estimate of drug-likeness (QED) is 0.852. The van der Waals surface area contributed by atoms with E-state index in [-0.39, 0.29) is 12.5 Å². The Balaban J connectivity index is 1.31. The van der Waals surface area contributed by atoms with Gasteiger partial charge in [0.25, 0.3) is 5.91 Å². The molecular formula is C21H23FN4O3. The summed E-state index contributed by atoms with van der Waals surface area (Å²) in [6.07, 6.45) is 1.27. The Morgan fingerprint density at radius 2 is 2.24 bits per heavy atom. The van der Waals surface area contributed by atoms with Crippen LogP contribution in [0.25, 0.3) is 0 Å². The van der Waals surface area contributed by atoms with E-state index in [4.69, 9.17) is 14.5 Å². The monoisotopic (exact) mass is 398 g/mol. The highest BCUT2D eigenvalue weighted by molar-refractivity contribution is 5.98. The Bertz CT molecular complexity index is 967. The van der Waals surface area contributed by atoms with Gasteiger partial charge in [0.15, 0.2) is 6.17 Å². The van der Waals surface area contributed by atoms with E-state index >= 15 is 4.39 Å². The highest BCUT2D eigenvalue weighted by atomic mass is 19.1. The number of piperidine rings is 1. The molecule has 5 heterocycles. The largest absolute Gasteiger partial charge is 0.486 e. The molecule has 5 rings (SSSR count). The van der Waals surface area contributed by atoms with Gasteiger partial charge in [-0.05, 0) is 24.1 Å². The van der Waals surface area contributed by atoms with Gasteiger partial charge in [0.1, 0.15) is 17.7 Å². The predicted octanol–water partition coefficient (Wildman–Crippen LogP) is 2.31. The van der Waals surface area contributed by atoms with Crippen LogP contribution in [0, 0.1) is 0 Å². The first-order valence-corrected chi connectivity index (χ1v) is 10.0. The number of hydrogen-bond donors (Lipinski definition) is 1. The Labute approximate surface area is 168 Å². The molecule has 1 saturated heterocycles. The van der Waals surface area contributed by atoms with Crippen LogP contribution in [0.4, 0.5) is 10.2 Å². The normalized spacial score (nSPS) is 23.0. The minimum absolute atomic E-state index is 0.0856. The number of carbonyl (C=O) groups excluding carboxylic acids is 1. The Kier molecular flexibility index (Phi) is 4.58. The fourth-order valence-corrected chi connectivity index (χ4v) is 4.18. The van der Waals surface area contributed by atoms with Gasteiger partial charge in [0.2, 0.25) is 0 Å². The maximum Gasteiger partial charge on any atom is 0.253 e. The number of nitrogens with one attached hydrogen (secondary N) is 1. The van der Waals surface area contributed by atoms with Gasteiger partial charge in [0.05, 0.1) is 49.5 Å². The summed E-state index contributed by atoms with van der Waals surface area (Å²) in [6.45, 7) is 4.36. The zero-order chi connectivity index (χ0) is 20.0. The highest BCUT2D eigenvalue weighted by Crippen LogP contribution is 2.30. The lowest BCUT2D eigenvalue weighted by molar-refractivity contribution is 0.0814. The minimum Gasteiger partial charge on any atom is -0.486 e. The number of aryl methyl sites for hydroxylation is 1. The van der Waals surface area contributed by atoms with E-state index in [1.165, 1.54) is 0 Å². The van der Waals surface area contributed by atoms with Crippen molar-refractivity contribution < 1.29 is 18.7 Å². The van der Waals surface area contributed by atoms with Crippen LogP contribution in [0.3, 0.4) is 0 Å². The van der Waals surface area contributed by atoms with Crippen molar-refractivity contribution in [2.45, 2.75) is 51.8 Å². The molecule has 3 aliphatic rings. The first kappa shape index (κ1) is 18.3. The molecule has 0 radical (unpaired) electrons. The summed E-state index contributed by atoms with van der Waals surface area (Å²) in [5.74, 6) is 1.28. The molecule has 0 saturated carbocycles. The molecular weight excluding hydrogens is 375 g/mol. The Morgan fingerprint density at radius 1 is 1.34 bits per heavy atom. The second-order valence-electron chi connectivity index (χ2n) is 7.68. The Morgan fingerprint density at radius 3 is 3.07 bits per heavy atom. The van der Waals surface area contributed by atoms with Crippen LogP contribution in [0.15, 0.2) is 18.3 Å². The number of fused-ring (bicyclic) bond motifs is 2. The standard InChI is InChI=1S/C21H23FN4O3/c1-2-12-6-15-17(8-24-21(15)27)25-20(12)26-4-3-19(16(22)9-26)29-14-5-13-10-28-11-18(13)23-7-14/h5-7,16,19H,2-4,8-11H2,1H3,(H,24,27)/t16-,19?/m1/s1. The molecule has 2 aromatic rings. The summed E-state index contributed by atoms with van der Waals surface area (Å²) in [5.41, 5.74) is 4.27. The molecule has 3 aliphatic heterocycles. The number of anilines is 1. The summed E-state index contributed by atoms with van der Waals surface area (Å²) in [4.78, 5) is 22.9. The van der Waals surface area contributed by atoms with E-state index < -0.39 is 12.3 Å². The third kappa shape index (κ3) is 3.31. The zero-order valence-electron chi connectivity index (χ0n) is 16.3. The lowest BCUT2D eigenvalue weighted by Crippen LogP contribution is -2.47. The number of carbonyl (C=O) groups is 1. The van der Waals surface area contributed by atoms with Crippen molar-refractivity contribution in [3.8, 4) is 5.75 Å². The van der Waals surface area contributed by atoms with Gasteiger partial charge in [-0.2, -0.15) is 0 Å². The van der Waals surface area contributed by atoms with E-state index in [1.54, 1.807) is 6.20 Å². The van der Waals surface area contributed by atoms with Crippen LogP contribution in [0.5, 0.6) is 5.75 Å². The van der Waals surface area contributed by atoms with Crippen LogP contribution in [0.1, 0.15) is 46.2 Å². The van der Waals surface area contributed by atoms with E-state index in [0.29, 0.717) is 44.0 Å². The molecule has 2 atom stereocenters. The van der Waals surface area contributed by atoms with E-state index in [0.717, 1.165) is 34.8 Å². The molecule has 0 aromatic carbocycles. The number of ether oxygens (including phenoxy) is 2. The summed E-state index contributed by atoms with van der Waals surface area (Å²) in [7, 11) is 0. The van der Waals surface area contributed by atoms with Crippen molar-refractivity contribution in [1.82, 2.24) is 15.3 Å². The second-order valence-corrected chi connectivity index (χ2v) is 7.68. The number of pyridine rings is 2. The van der Waals surface area contributed by atoms with Gasteiger partial charge in [0, 0.05) is 18.5 Å². The lowest BCUT2D eigenvalue weighted by atomic mass is 10.0. The number of halogens is 1. The van der Waals surface area contributed by atoms with E-state index in [1.807, 2.05) is 24.0 Å². The van der Waals surface area contributed by atoms with Crippen molar-refractivity contribution in [2.75, 3.05) is 18.0 Å². The van der Waals surface area contributed by atoms with Crippen LogP contribution in [0.2, 0.25) is 0 Å². The zero-order valence-corrected chi connectivity index (χ0v) is 16.3. The molecule has 0 aliphatic carbocycles. The molecule has 8 heteroatoms. The molecule has 1 unspecified atom stereocenters. The van der Waals surface area contributed by atoms with Crippen LogP contribution >= 0.6 is 0 Å². The van der Waals surface area contributed by atoms with Crippen molar-refractivity contribution in [2.24, 2.45) is 0 Å². The first-order valence-electron chi connectivity index (χ1n) is 10.0. The van der Waals surface area contributed by atoms with E-state index in [9.17, 15) is 4.79 Å². The van der Waals surface area contributed by atoms with Crippen molar-refractivity contribution in [3.05, 3.63) is 46.4 Å². The van der Waals surface area contributed by atoms with Gasteiger partial charge in [-0.15, -0.1) is 0 Å². The SMILES string of the molecule is CCc1cc2c(nc1N1CCC(Oc3cnc4c(c3)COC4)[C@H](F)C1)CNC2=O. The lowest BCUT2D eigenvalue weighted by Gasteiger charge is -2.36. The molecule has 152 valence electrons. The molecule has 0 bridgehead atoms. The van der Waals surface area contributed by atoms with Gasteiger partial charge in [-0.25, -0.2) is 9.37 Å². The van der Waals surface area contributed by atoms with Gasteiger partial charge in [-0.3, -0.25) is 9.78 Å². The molecule has 1 N–H and O–H groups in total. The number of aromatic nitrogens is 2. The topological polar surface area (TPSA) is 76.6 Å². The third-order valence-corrected chi connectivity index (χ3v) is 5.80. The fourth-order valence-electron chi connectivity index (χ4n) is 4.18. The van der Waals surface area contributed by atoms with Gasteiger partial charge >= 0.3 is 0 Å². The first-order chi connectivity index (χ1) is 14.1. The van der Waals surface area contributed by atoms with Crippen LogP contribution in [-0.4, -0.2) is 41.2 Å². The van der Waals surface area contributed by atoms with Crippen LogP contribution in [-0.2, 0) is 30.9 Å². The van der Waals surface area contributed by atoms with Gasteiger partial charge < -0.3 is 19.7 Å². The number of rotatable bonds is 4. The summed E-state index contributed by atoms with van der Waals surface area (Å²) >= 11 is 0. The number of amides is 1. The average molecular weight is 398 g/mol. The average Bonchev–Trinajstić information content (AvgIpc) is 3.34. The summed E-state index contributed by atoms with van der Waals surface area (Å²) in [6, 6.07) is 3.80. The summed E-state index contributed by atoms with van der Waals surface area (Å²) in [5, 5.41) is 2.80. The molecule has 7 nitrogen and oxygen atoms in total. The number of hydrogen-bond acceptors (Lipinski definition) is 6. The van der Waals surface area contributed by atoms with Crippen molar-refractivity contribution >= 4 is 11.7 Å². The predicted molar refractivity (Wildman–Crippen MR) is 104 cm³/mol. The molecule has 0 spiro atoms. The molecule has 2 aromatic heterocycles. The minimum atomic E-state index is -1.15. The van der Waals surface area contributed by atoms with E-state index in [2.05, 4.69) is 10.3 Å². The van der Waals surface area contributed by atoms with Crippen LogP contribution < -0.4 is 15.0 Å². The Hall–Kier alpha value is -2.74. The number of alkyl halides is 1.